The minimum absolute atomic E-state index is 0. The van der Waals surface area contributed by atoms with Gasteiger partial charge in [-0.3, -0.25) is 19.5 Å². The summed E-state index contributed by atoms with van der Waals surface area (Å²) in [4.78, 5) is 29.0. The number of hydrogen-bond acceptors (Lipinski definition) is 3. The standard InChI is InChI=1S/C18H34N4O2.HI/c1-3-4-5-6-7-8-9-13-20-18(19-2)21-14-15-22-16(23)11-10-12-17(22)24;/h3-15H2,1-2H3,(H2,19,20,21);1H. The van der Waals surface area contributed by atoms with E-state index in [9.17, 15) is 9.59 Å². The van der Waals surface area contributed by atoms with Crippen LogP contribution in [0.1, 0.15) is 71.1 Å². The van der Waals surface area contributed by atoms with Gasteiger partial charge in [0.05, 0.1) is 0 Å². The molecule has 0 aromatic heterocycles. The molecule has 1 heterocycles. The van der Waals surface area contributed by atoms with Crippen LogP contribution in [0, 0.1) is 0 Å². The van der Waals surface area contributed by atoms with E-state index >= 15 is 0 Å². The number of nitrogens with one attached hydrogen (secondary N) is 2. The number of halogens is 1. The zero-order valence-corrected chi connectivity index (χ0v) is 18.1. The summed E-state index contributed by atoms with van der Waals surface area (Å²) in [5.74, 6) is 0.621. The normalized spacial score (nSPS) is 15.1. The minimum Gasteiger partial charge on any atom is -0.356 e. The third-order valence-electron chi connectivity index (χ3n) is 4.31. The average Bonchev–Trinajstić information content (AvgIpc) is 2.58. The van der Waals surface area contributed by atoms with Crippen LogP contribution in [0.5, 0.6) is 0 Å². The van der Waals surface area contributed by atoms with Gasteiger partial charge in [-0.15, -0.1) is 24.0 Å². The number of amides is 2. The summed E-state index contributed by atoms with van der Waals surface area (Å²) >= 11 is 0. The number of piperidine rings is 1. The van der Waals surface area contributed by atoms with Crippen LogP contribution < -0.4 is 10.6 Å². The van der Waals surface area contributed by atoms with E-state index in [0.717, 1.165) is 18.9 Å². The molecule has 1 rings (SSSR count). The molecule has 0 radical (unpaired) electrons. The predicted molar refractivity (Wildman–Crippen MR) is 113 cm³/mol. The maximum Gasteiger partial charge on any atom is 0.229 e. The molecule has 6 nitrogen and oxygen atoms in total. The molecule has 0 atom stereocenters. The molecule has 0 spiro atoms. The number of rotatable bonds is 11. The minimum atomic E-state index is -0.0564. The molecule has 1 aliphatic heterocycles. The SMILES string of the molecule is CCCCCCCCCNC(=NC)NCCN1C(=O)CCCC1=O.I. The lowest BCUT2D eigenvalue weighted by molar-refractivity contribution is -0.147. The van der Waals surface area contributed by atoms with Crippen LogP contribution in [-0.4, -0.2) is 49.4 Å². The Balaban J connectivity index is 0.00000576. The Morgan fingerprint density at radius 1 is 0.960 bits per heavy atom. The molecule has 0 bridgehead atoms. The van der Waals surface area contributed by atoms with Crippen LogP contribution in [0.25, 0.3) is 0 Å². The van der Waals surface area contributed by atoms with Gasteiger partial charge in [-0.2, -0.15) is 0 Å². The smallest absolute Gasteiger partial charge is 0.229 e. The second-order valence-corrected chi connectivity index (χ2v) is 6.34. The molecule has 0 unspecified atom stereocenters. The number of likely N-dealkylation sites (tertiary alicyclic amines) is 1. The van der Waals surface area contributed by atoms with Crippen molar-refractivity contribution in [3.8, 4) is 0 Å². The summed E-state index contributed by atoms with van der Waals surface area (Å²) in [5, 5.41) is 6.45. The Hall–Kier alpha value is -0.860. The summed E-state index contributed by atoms with van der Waals surface area (Å²) in [6.07, 6.45) is 10.6. The zero-order chi connectivity index (χ0) is 17.6. The van der Waals surface area contributed by atoms with Gasteiger partial charge >= 0.3 is 0 Å². The second kappa shape index (κ2) is 15.4. The molecule has 0 aromatic rings. The van der Waals surface area contributed by atoms with Gasteiger partial charge in [0.2, 0.25) is 11.8 Å². The number of nitrogens with zero attached hydrogens (tertiary/aromatic N) is 2. The molecular weight excluding hydrogens is 431 g/mol. The number of unbranched alkanes of at least 4 members (excludes halogenated alkanes) is 6. The number of aliphatic imine (C=N–C) groups is 1. The fourth-order valence-electron chi connectivity index (χ4n) is 2.84. The van der Waals surface area contributed by atoms with Gasteiger partial charge in [0.15, 0.2) is 5.96 Å². The zero-order valence-electron chi connectivity index (χ0n) is 15.8. The van der Waals surface area contributed by atoms with Gasteiger partial charge in [0.25, 0.3) is 0 Å². The lowest BCUT2D eigenvalue weighted by Crippen LogP contribution is -2.46. The first-order valence-corrected chi connectivity index (χ1v) is 9.46. The Labute approximate surface area is 169 Å². The number of carbonyl (C=O) groups excluding carboxylic acids is 2. The van der Waals surface area contributed by atoms with E-state index < -0.39 is 0 Å². The van der Waals surface area contributed by atoms with Gasteiger partial charge in [0.1, 0.15) is 0 Å². The van der Waals surface area contributed by atoms with Crippen molar-refractivity contribution >= 4 is 41.8 Å². The van der Waals surface area contributed by atoms with E-state index in [1.165, 1.54) is 43.4 Å². The topological polar surface area (TPSA) is 73.8 Å². The number of carbonyl (C=O) groups is 2. The van der Waals surface area contributed by atoms with Crippen molar-refractivity contribution < 1.29 is 9.59 Å². The lowest BCUT2D eigenvalue weighted by atomic mass is 10.1. The average molecular weight is 466 g/mol. The summed E-state index contributed by atoms with van der Waals surface area (Å²) in [6.45, 7) is 4.08. The van der Waals surface area contributed by atoms with E-state index in [-0.39, 0.29) is 35.8 Å². The van der Waals surface area contributed by atoms with Gasteiger partial charge in [-0.25, -0.2) is 0 Å². The van der Waals surface area contributed by atoms with Crippen LogP contribution in [0.4, 0.5) is 0 Å². The molecule has 0 aliphatic carbocycles. The lowest BCUT2D eigenvalue weighted by Gasteiger charge is -2.25. The number of guanidine groups is 1. The van der Waals surface area contributed by atoms with E-state index in [0.29, 0.717) is 32.4 Å². The molecule has 2 amide bonds. The van der Waals surface area contributed by atoms with Crippen molar-refractivity contribution in [2.75, 3.05) is 26.7 Å². The van der Waals surface area contributed by atoms with Crippen molar-refractivity contribution in [3.63, 3.8) is 0 Å². The van der Waals surface area contributed by atoms with Gasteiger partial charge < -0.3 is 10.6 Å². The molecule has 2 N–H and O–H groups in total. The first kappa shape index (κ1) is 24.1. The number of imide groups is 1. The quantitative estimate of drug-likeness (QED) is 0.161. The first-order chi connectivity index (χ1) is 11.7. The van der Waals surface area contributed by atoms with E-state index in [2.05, 4.69) is 22.5 Å². The highest BCUT2D eigenvalue weighted by Gasteiger charge is 2.25. The summed E-state index contributed by atoms with van der Waals surface area (Å²) in [5.41, 5.74) is 0. The van der Waals surface area contributed by atoms with Gasteiger partial charge in [0, 0.05) is 39.5 Å². The molecule has 1 aliphatic rings. The molecule has 25 heavy (non-hydrogen) atoms. The van der Waals surface area contributed by atoms with Crippen LogP contribution in [0.15, 0.2) is 4.99 Å². The van der Waals surface area contributed by atoms with Crippen LogP contribution in [0.3, 0.4) is 0 Å². The highest BCUT2D eigenvalue weighted by atomic mass is 127. The molecule has 7 heteroatoms. The monoisotopic (exact) mass is 466 g/mol. The fraction of sp³-hybridized carbons (Fsp3) is 0.833. The Bertz CT molecular complexity index is 400. The predicted octanol–water partition coefficient (Wildman–Crippen LogP) is 3.06. The van der Waals surface area contributed by atoms with E-state index in [4.69, 9.17) is 0 Å². The maximum atomic E-state index is 11.7. The second-order valence-electron chi connectivity index (χ2n) is 6.34. The van der Waals surface area contributed by atoms with Crippen LogP contribution >= 0.6 is 24.0 Å². The third kappa shape index (κ3) is 10.7. The fourth-order valence-corrected chi connectivity index (χ4v) is 2.84. The summed E-state index contributed by atoms with van der Waals surface area (Å²) in [7, 11) is 1.73. The Kier molecular flexibility index (Phi) is 14.9. The van der Waals surface area contributed by atoms with Gasteiger partial charge in [-0.05, 0) is 12.8 Å². The van der Waals surface area contributed by atoms with Crippen molar-refractivity contribution in [1.29, 1.82) is 0 Å². The highest BCUT2D eigenvalue weighted by molar-refractivity contribution is 14.0. The van der Waals surface area contributed by atoms with E-state index in [1.54, 1.807) is 7.05 Å². The first-order valence-electron chi connectivity index (χ1n) is 9.46. The molecule has 1 fully saturated rings. The maximum absolute atomic E-state index is 11.7. The summed E-state index contributed by atoms with van der Waals surface area (Å²) < 4.78 is 0. The molecule has 0 saturated carbocycles. The molecule has 0 aromatic carbocycles. The third-order valence-corrected chi connectivity index (χ3v) is 4.31. The largest absolute Gasteiger partial charge is 0.356 e. The van der Waals surface area contributed by atoms with Crippen molar-refractivity contribution in [2.45, 2.75) is 71.1 Å². The summed E-state index contributed by atoms with van der Waals surface area (Å²) in [6, 6.07) is 0. The van der Waals surface area contributed by atoms with E-state index in [1.807, 2.05) is 0 Å². The molecular formula is C18H35IN4O2. The molecule has 146 valence electrons. The van der Waals surface area contributed by atoms with Gasteiger partial charge in [-0.1, -0.05) is 45.4 Å². The Morgan fingerprint density at radius 3 is 2.12 bits per heavy atom. The molecule has 1 saturated heterocycles. The number of hydrogen-bond donors (Lipinski definition) is 2. The van der Waals surface area contributed by atoms with Crippen molar-refractivity contribution in [2.24, 2.45) is 4.99 Å². The highest BCUT2D eigenvalue weighted by Crippen LogP contribution is 2.11. The van der Waals surface area contributed by atoms with Crippen LogP contribution in [-0.2, 0) is 9.59 Å². The van der Waals surface area contributed by atoms with Crippen molar-refractivity contribution in [3.05, 3.63) is 0 Å². The Morgan fingerprint density at radius 2 is 1.52 bits per heavy atom. The van der Waals surface area contributed by atoms with Crippen molar-refractivity contribution in [1.82, 2.24) is 15.5 Å². The van der Waals surface area contributed by atoms with Crippen LogP contribution in [0.2, 0.25) is 0 Å².